The van der Waals surface area contributed by atoms with Crippen molar-refractivity contribution in [1.82, 2.24) is 0 Å². The minimum Gasteiger partial charge on any atom is -0.479 e. The van der Waals surface area contributed by atoms with Gasteiger partial charge in [-0.1, -0.05) is 6.07 Å². The number of aliphatic hydroxyl groups is 1. The molecule has 0 aliphatic rings. The van der Waals surface area contributed by atoms with E-state index in [4.69, 9.17) is 10.2 Å². The van der Waals surface area contributed by atoms with Gasteiger partial charge in [0.2, 0.25) is 0 Å². The van der Waals surface area contributed by atoms with E-state index in [1.54, 1.807) is 0 Å². The van der Waals surface area contributed by atoms with Crippen molar-refractivity contribution in [3.8, 4) is 0 Å². The Hall–Kier alpha value is -1.63. The summed E-state index contributed by atoms with van der Waals surface area (Å²) in [6, 6.07) is 1.45. The van der Waals surface area contributed by atoms with Crippen molar-refractivity contribution in [3.63, 3.8) is 0 Å². The first-order valence-electron chi connectivity index (χ1n) is 4.01. The van der Waals surface area contributed by atoms with Crippen LogP contribution in [0.15, 0.2) is 18.2 Å². The number of aliphatic carboxylic acids is 1. The molecular weight excluding hydrogens is 232 g/mol. The second-order valence-electron chi connectivity index (χ2n) is 2.98. The van der Waals surface area contributed by atoms with Crippen LogP contribution in [0, 0.1) is 5.82 Å². The molecule has 1 rings (SSSR count). The van der Waals surface area contributed by atoms with Gasteiger partial charge in [-0.15, -0.1) is 0 Å². The monoisotopic (exact) mass is 238 g/mol. The molecule has 2 N–H and O–H groups in total. The highest BCUT2D eigenvalue weighted by Crippen LogP contribution is 2.32. The van der Waals surface area contributed by atoms with Gasteiger partial charge in [0.15, 0.2) is 6.10 Å². The van der Waals surface area contributed by atoms with E-state index in [-0.39, 0.29) is 0 Å². The third-order valence-electron chi connectivity index (χ3n) is 1.85. The lowest BCUT2D eigenvalue weighted by atomic mass is 10.1. The number of carbonyl (C=O) groups is 1. The zero-order valence-electron chi connectivity index (χ0n) is 7.62. The average molecular weight is 238 g/mol. The Morgan fingerprint density at radius 3 is 2.25 bits per heavy atom. The molecule has 1 atom stereocenters. The first-order valence-corrected chi connectivity index (χ1v) is 4.01. The van der Waals surface area contributed by atoms with E-state index in [1.807, 2.05) is 0 Å². The molecule has 0 heterocycles. The summed E-state index contributed by atoms with van der Waals surface area (Å²) in [7, 11) is 0. The highest BCUT2D eigenvalue weighted by molar-refractivity contribution is 5.74. The fourth-order valence-electron chi connectivity index (χ4n) is 1.07. The van der Waals surface area contributed by atoms with Crippen molar-refractivity contribution in [2.75, 3.05) is 0 Å². The second kappa shape index (κ2) is 4.09. The van der Waals surface area contributed by atoms with Crippen LogP contribution in [0.2, 0.25) is 0 Å². The predicted octanol–water partition coefficient (Wildman–Crippen LogP) is 1.96. The maximum absolute atomic E-state index is 12.9. The Morgan fingerprint density at radius 2 is 1.88 bits per heavy atom. The third kappa shape index (κ3) is 2.48. The summed E-state index contributed by atoms with van der Waals surface area (Å²) in [6.45, 7) is 0. The van der Waals surface area contributed by atoms with Gasteiger partial charge in [-0.3, -0.25) is 0 Å². The number of halogens is 4. The molecule has 7 heteroatoms. The maximum atomic E-state index is 12.9. The van der Waals surface area contributed by atoms with Gasteiger partial charge in [0.1, 0.15) is 5.82 Å². The maximum Gasteiger partial charge on any atom is 0.419 e. The van der Waals surface area contributed by atoms with Crippen LogP contribution in [0.5, 0.6) is 0 Å². The Labute approximate surface area is 86.9 Å². The zero-order chi connectivity index (χ0) is 12.5. The molecule has 0 unspecified atom stereocenters. The molecule has 0 aliphatic heterocycles. The highest BCUT2D eigenvalue weighted by Gasteiger charge is 2.34. The molecular formula is C9H6F4O3. The number of carboxylic acid groups (broad SMARTS) is 1. The molecule has 1 aromatic rings. The molecule has 0 spiro atoms. The first-order chi connectivity index (χ1) is 7.23. The van der Waals surface area contributed by atoms with Crippen LogP contribution in [0.25, 0.3) is 0 Å². The standard InChI is InChI=1S/C9H6F4O3/c10-6-3-4(7(14)8(15)16)1-2-5(6)9(11,12)13/h1-3,7,14H,(H,15,16)/t7-/m1/s1. The van der Waals surface area contributed by atoms with E-state index in [2.05, 4.69) is 0 Å². The summed E-state index contributed by atoms with van der Waals surface area (Å²) in [6.07, 6.45) is -6.90. The van der Waals surface area contributed by atoms with Gasteiger partial charge in [-0.25, -0.2) is 9.18 Å². The minimum absolute atomic E-state index is 0.349. The fourth-order valence-corrected chi connectivity index (χ4v) is 1.07. The van der Waals surface area contributed by atoms with E-state index in [0.717, 1.165) is 0 Å². The summed E-state index contributed by atoms with van der Waals surface area (Å²) in [5, 5.41) is 17.3. The van der Waals surface area contributed by atoms with Crippen molar-refractivity contribution in [2.45, 2.75) is 12.3 Å². The molecule has 0 fully saturated rings. The van der Waals surface area contributed by atoms with Crippen LogP contribution in [-0.4, -0.2) is 16.2 Å². The number of benzene rings is 1. The SMILES string of the molecule is O=C(O)[C@H](O)c1ccc(C(F)(F)F)c(F)c1. The Morgan fingerprint density at radius 1 is 1.31 bits per heavy atom. The highest BCUT2D eigenvalue weighted by atomic mass is 19.4. The topological polar surface area (TPSA) is 57.5 Å². The number of rotatable bonds is 2. The molecule has 16 heavy (non-hydrogen) atoms. The number of hydrogen-bond acceptors (Lipinski definition) is 2. The summed E-state index contributed by atoms with van der Waals surface area (Å²) in [5.41, 5.74) is -1.95. The summed E-state index contributed by atoms with van der Waals surface area (Å²) in [5.74, 6) is -3.29. The first kappa shape index (κ1) is 12.4. The summed E-state index contributed by atoms with van der Waals surface area (Å²) < 4.78 is 49.3. The van der Waals surface area contributed by atoms with Crippen molar-refractivity contribution >= 4 is 5.97 Å². The van der Waals surface area contributed by atoms with Gasteiger partial charge < -0.3 is 10.2 Å². The molecule has 0 bridgehead atoms. The van der Waals surface area contributed by atoms with Gasteiger partial charge >= 0.3 is 12.1 Å². The van der Waals surface area contributed by atoms with Crippen LogP contribution < -0.4 is 0 Å². The van der Waals surface area contributed by atoms with E-state index >= 15 is 0 Å². The van der Waals surface area contributed by atoms with E-state index in [9.17, 15) is 22.4 Å². The van der Waals surface area contributed by atoms with Crippen LogP contribution in [0.3, 0.4) is 0 Å². The minimum atomic E-state index is -4.85. The summed E-state index contributed by atoms with van der Waals surface area (Å²) in [4.78, 5) is 10.3. The van der Waals surface area contributed by atoms with E-state index < -0.39 is 35.2 Å². The summed E-state index contributed by atoms with van der Waals surface area (Å²) >= 11 is 0. The molecule has 0 aromatic heterocycles. The van der Waals surface area contributed by atoms with Gasteiger partial charge in [-0.05, 0) is 17.7 Å². The van der Waals surface area contributed by atoms with E-state index in [0.29, 0.717) is 18.2 Å². The quantitative estimate of drug-likeness (QED) is 0.774. The largest absolute Gasteiger partial charge is 0.479 e. The molecule has 1 aromatic carbocycles. The third-order valence-corrected chi connectivity index (χ3v) is 1.85. The number of aliphatic hydroxyl groups excluding tert-OH is 1. The van der Waals surface area contributed by atoms with Crippen LogP contribution in [0.4, 0.5) is 17.6 Å². The second-order valence-corrected chi connectivity index (χ2v) is 2.98. The van der Waals surface area contributed by atoms with Crippen LogP contribution in [0.1, 0.15) is 17.2 Å². The number of alkyl halides is 3. The lowest BCUT2D eigenvalue weighted by Crippen LogP contribution is -2.13. The van der Waals surface area contributed by atoms with Crippen molar-refractivity contribution in [2.24, 2.45) is 0 Å². The molecule has 0 saturated carbocycles. The lowest BCUT2D eigenvalue weighted by Gasteiger charge is -2.10. The fraction of sp³-hybridized carbons (Fsp3) is 0.222. The number of hydrogen-bond donors (Lipinski definition) is 2. The molecule has 0 aliphatic carbocycles. The average Bonchev–Trinajstić information content (AvgIpc) is 2.14. The molecule has 0 radical (unpaired) electrons. The normalized spacial score (nSPS) is 13.6. The smallest absolute Gasteiger partial charge is 0.419 e. The zero-order valence-corrected chi connectivity index (χ0v) is 7.62. The van der Waals surface area contributed by atoms with Crippen LogP contribution >= 0.6 is 0 Å². The van der Waals surface area contributed by atoms with Crippen molar-refractivity contribution in [3.05, 3.63) is 35.1 Å². The van der Waals surface area contributed by atoms with Crippen LogP contribution in [-0.2, 0) is 11.0 Å². The lowest BCUT2D eigenvalue weighted by molar-refractivity contribution is -0.146. The Bertz CT molecular complexity index is 414. The Balaban J connectivity index is 3.14. The van der Waals surface area contributed by atoms with E-state index in [1.165, 1.54) is 0 Å². The van der Waals surface area contributed by atoms with Crippen molar-refractivity contribution in [1.29, 1.82) is 0 Å². The molecule has 0 saturated heterocycles. The van der Waals surface area contributed by atoms with Gasteiger partial charge in [0.05, 0.1) is 5.56 Å². The van der Waals surface area contributed by atoms with Crippen molar-refractivity contribution < 1.29 is 32.6 Å². The molecule has 0 amide bonds. The van der Waals surface area contributed by atoms with Gasteiger partial charge in [0, 0.05) is 0 Å². The molecule has 88 valence electrons. The predicted molar refractivity (Wildman–Crippen MR) is 44.0 cm³/mol. The molecule has 3 nitrogen and oxygen atoms in total. The van der Waals surface area contributed by atoms with Gasteiger partial charge in [-0.2, -0.15) is 13.2 Å². The van der Waals surface area contributed by atoms with Gasteiger partial charge in [0.25, 0.3) is 0 Å². The number of carboxylic acids is 1. The Kier molecular flexibility index (Phi) is 3.18.